The first kappa shape index (κ1) is 13.2. The van der Waals surface area contributed by atoms with Gasteiger partial charge in [-0.2, -0.15) is 5.10 Å². The van der Waals surface area contributed by atoms with Crippen LogP contribution >= 0.6 is 0 Å². The second kappa shape index (κ2) is 6.08. The third kappa shape index (κ3) is 3.61. The van der Waals surface area contributed by atoms with E-state index >= 15 is 0 Å². The number of carbonyl (C=O) groups is 2. The van der Waals surface area contributed by atoms with E-state index in [1.54, 1.807) is 19.4 Å². The zero-order valence-electron chi connectivity index (χ0n) is 10.8. The van der Waals surface area contributed by atoms with Crippen LogP contribution in [0, 0.1) is 0 Å². The van der Waals surface area contributed by atoms with Crippen LogP contribution in [-0.4, -0.2) is 41.1 Å². The highest BCUT2D eigenvalue weighted by Gasteiger charge is 2.21. The number of carbonyl (C=O) groups excluding carboxylic acids is 2. The Morgan fingerprint density at radius 2 is 2.32 bits per heavy atom. The number of hydrogen-bond donors (Lipinski definition) is 1. The largest absolute Gasteiger partial charge is 0.351 e. The molecule has 0 spiro atoms. The summed E-state index contributed by atoms with van der Waals surface area (Å²) in [6.45, 7) is 0.529. The van der Waals surface area contributed by atoms with Gasteiger partial charge in [-0.1, -0.05) is 6.07 Å². The Labute approximate surface area is 111 Å². The predicted octanol–water partition coefficient (Wildman–Crippen LogP) is 0.348. The fourth-order valence-corrected chi connectivity index (χ4v) is 1.80. The van der Waals surface area contributed by atoms with Gasteiger partial charge in [0, 0.05) is 38.8 Å². The van der Waals surface area contributed by atoms with E-state index in [0.29, 0.717) is 25.1 Å². The average Bonchev–Trinajstić information content (AvgIpc) is 2.43. The Bertz CT molecular complexity index is 499. The van der Waals surface area contributed by atoms with Crippen molar-refractivity contribution in [2.75, 3.05) is 13.6 Å². The Morgan fingerprint density at radius 3 is 3.00 bits per heavy atom. The molecule has 0 aromatic carbocycles. The summed E-state index contributed by atoms with van der Waals surface area (Å²) in [6.07, 6.45) is 4.96. The van der Waals surface area contributed by atoms with Crippen LogP contribution in [0.4, 0.5) is 0 Å². The smallest absolute Gasteiger partial charge is 0.267 e. The summed E-state index contributed by atoms with van der Waals surface area (Å²) in [6, 6.07) is 3.83. The van der Waals surface area contributed by atoms with Crippen molar-refractivity contribution >= 4 is 17.5 Å². The van der Waals surface area contributed by atoms with E-state index in [0.717, 1.165) is 12.0 Å². The zero-order chi connectivity index (χ0) is 13.7. The highest BCUT2D eigenvalue weighted by molar-refractivity contribution is 6.39. The highest BCUT2D eigenvalue weighted by Crippen LogP contribution is 2.06. The number of nitrogens with zero attached hydrogens (tertiary/aromatic N) is 3. The third-order valence-corrected chi connectivity index (χ3v) is 2.89. The quantitative estimate of drug-likeness (QED) is 0.848. The van der Waals surface area contributed by atoms with Crippen molar-refractivity contribution in [3.05, 3.63) is 30.1 Å². The molecule has 0 radical (unpaired) electrons. The number of pyridine rings is 1. The molecule has 2 heterocycles. The predicted molar refractivity (Wildman–Crippen MR) is 70.4 cm³/mol. The van der Waals surface area contributed by atoms with E-state index in [2.05, 4.69) is 15.4 Å². The van der Waals surface area contributed by atoms with Gasteiger partial charge < -0.3 is 5.32 Å². The van der Waals surface area contributed by atoms with Crippen LogP contribution in [0.25, 0.3) is 0 Å². The van der Waals surface area contributed by atoms with E-state index in [-0.39, 0.29) is 11.8 Å². The summed E-state index contributed by atoms with van der Waals surface area (Å²) >= 11 is 0. The van der Waals surface area contributed by atoms with Crippen LogP contribution in [-0.2, 0) is 16.0 Å². The number of hydrazone groups is 1. The minimum Gasteiger partial charge on any atom is -0.351 e. The molecule has 19 heavy (non-hydrogen) atoms. The van der Waals surface area contributed by atoms with Gasteiger partial charge >= 0.3 is 0 Å². The van der Waals surface area contributed by atoms with Crippen LogP contribution in [0.15, 0.2) is 29.6 Å². The second-order valence-corrected chi connectivity index (χ2v) is 4.33. The lowest BCUT2D eigenvalue weighted by Gasteiger charge is -2.18. The summed E-state index contributed by atoms with van der Waals surface area (Å²) in [5.74, 6) is -0.268. The number of rotatable bonds is 4. The molecule has 0 atom stereocenters. The van der Waals surface area contributed by atoms with Crippen LogP contribution in [0.3, 0.4) is 0 Å². The van der Waals surface area contributed by atoms with Crippen LogP contribution < -0.4 is 5.32 Å². The first-order valence-electron chi connectivity index (χ1n) is 6.18. The fraction of sp³-hybridized carbons (Fsp3) is 0.385. The third-order valence-electron chi connectivity index (χ3n) is 2.89. The summed E-state index contributed by atoms with van der Waals surface area (Å²) < 4.78 is 0. The van der Waals surface area contributed by atoms with Crippen molar-refractivity contribution < 1.29 is 9.59 Å². The Balaban J connectivity index is 1.82. The number of aromatic nitrogens is 1. The minimum atomic E-state index is -0.205. The molecule has 0 unspecified atom stereocenters. The molecule has 2 rings (SSSR count). The molecule has 1 aromatic heterocycles. The van der Waals surface area contributed by atoms with E-state index in [1.165, 1.54) is 5.01 Å². The van der Waals surface area contributed by atoms with Crippen molar-refractivity contribution in [2.45, 2.75) is 19.3 Å². The maximum atomic E-state index is 11.8. The molecule has 1 N–H and O–H groups in total. The van der Waals surface area contributed by atoms with Crippen molar-refractivity contribution in [3.63, 3.8) is 0 Å². The van der Waals surface area contributed by atoms with E-state index in [1.807, 2.05) is 12.1 Å². The lowest BCUT2D eigenvalue weighted by molar-refractivity contribution is -0.130. The van der Waals surface area contributed by atoms with Crippen LogP contribution in [0.5, 0.6) is 0 Å². The first-order valence-corrected chi connectivity index (χ1v) is 6.18. The Morgan fingerprint density at radius 1 is 1.47 bits per heavy atom. The van der Waals surface area contributed by atoms with Crippen LogP contribution in [0.2, 0.25) is 0 Å². The summed E-state index contributed by atoms with van der Waals surface area (Å²) in [4.78, 5) is 27.1. The van der Waals surface area contributed by atoms with Gasteiger partial charge in [-0.05, 0) is 18.1 Å². The maximum Gasteiger partial charge on any atom is 0.267 e. The molecule has 0 bridgehead atoms. The molecule has 0 saturated heterocycles. The summed E-state index contributed by atoms with van der Waals surface area (Å²) in [7, 11) is 1.56. The van der Waals surface area contributed by atoms with Crippen LogP contribution in [0.1, 0.15) is 18.4 Å². The molecule has 1 aliphatic rings. The van der Waals surface area contributed by atoms with Gasteiger partial charge in [-0.25, -0.2) is 5.01 Å². The van der Waals surface area contributed by atoms with Gasteiger partial charge in [0.25, 0.3) is 5.91 Å². The number of hydrogen-bond acceptors (Lipinski definition) is 4. The molecule has 1 aromatic rings. The molecule has 100 valence electrons. The number of nitrogens with one attached hydrogen (secondary N) is 1. The highest BCUT2D eigenvalue weighted by atomic mass is 16.2. The Kier molecular flexibility index (Phi) is 4.22. The molecule has 1 aliphatic heterocycles. The van der Waals surface area contributed by atoms with Gasteiger partial charge in [0.15, 0.2) is 0 Å². The van der Waals surface area contributed by atoms with Gasteiger partial charge in [-0.15, -0.1) is 0 Å². The molecule has 0 saturated carbocycles. The first-order chi connectivity index (χ1) is 9.16. The van der Waals surface area contributed by atoms with E-state index < -0.39 is 0 Å². The summed E-state index contributed by atoms with van der Waals surface area (Å²) in [5, 5.41) is 7.99. The Hall–Kier alpha value is -2.24. The van der Waals surface area contributed by atoms with Gasteiger partial charge in [0.1, 0.15) is 5.71 Å². The minimum absolute atomic E-state index is 0.0630. The fourth-order valence-electron chi connectivity index (χ4n) is 1.80. The lowest BCUT2D eigenvalue weighted by atomic mass is 10.1. The molecular formula is C13H16N4O2. The van der Waals surface area contributed by atoms with Crippen molar-refractivity contribution in [1.82, 2.24) is 15.3 Å². The molecule has 0 aliphatic carbocycles. The van der Waals surface area contributed by atoms with Gasteiger partial charge in [0.2, 0.25) is 5.91 Å². The van der Waals surface area contributed by atoms with E-state index in [4.69, 9.17) is 0 Å². The molecular weight excluding hydrogens is 244 g/mol. The standard InChI is InChI=1S/C13H16N4O2/c1-17-12(18)5-4-11(16-17)13(19)15-8-6-10-3-2-7-14-9-10/h2-3,7,9H,4-6,8H2,1H3,(H,15,19). The lowest BCUT2D eigenvalue weighted by Crippen LogP contribution is -2.38. The number of amides is 2. The topological polar surface area (TPSA) is 74.7 Å². The molecule has 6 nitrogen and oxygen atoms in total. The van der Waals surface area contributed by atoms with Gasteiger partial charge in [0.05, 0.1) is 0 Å². The molecule has 2 amide bonds. The van der Waals surface area contributed by atoms with Crippen molar-refractivity contribution in [3.8, 4) is 0 Å². The van der Waals surface area contributed by atoms with Crippen molar-refractivity contribution in [2.24, 2.45) is 5.10 Å². The maximum absolute atomic E-state index is 11.8. The zero-order valence-corrected chi connectivity index (χ0v) is 10.8. The molecule has 6 heteroatoms. The monoisotopic (exact) mass is 260 g/mol. The van der Waals surface area contributed by atoms with Gasteiger partial charge in [-0.3, -0.25) is 14.6 Å². The second-order valence-electron chi connectivity index (χ2n) is 4.33. The summed E-state index contributed by atoms with van der Waals surface area (Å²) in [5.41, 5.74) is 1.48. The normalized spacial score (nSPS) is 15.1. The van der Waals surface area contributed by atoms with Crippen molar-refractivity contribution in [1.29, 1.82) is 0 Å². The molecule has 0 fully saturated rings. The van der Waals surface area contributed by atoms with E-state index in [9.17, 15) is 9.59 Å². The average molecular weight is 260 g/mol. The SMILES string of the molecule is CN1N=C(C(=O)NCCc2cccnc2)CCC1=O.